The molecule has 0 unspecified atom stereocenters. The fraction of sp³-hybridized carbons (Fsp3) is 0.833. The van der Waals surface area contributed by atoms with E-state index < -0.39 is 16.3 Å². The van der Waals surface area contributed by atoms with Crippen LogP contribution in [0.4, 0.5) is 4.79 Å². The van der Waals surface area contributed by atoms with Gasteiger partial charge in [-0.05, 0) is 6.42 Å². The lowest BCUT2D eigenvalue weighted by Gasteiger charge is -2.03. The van der Waals surface area contributed by atoms with Crippen molar-refractivity contribution >= 4 is 16.3 Å². The van der Waals surface area contributed by atoms with Crippen molar-refractivity contribution in [3.8, 4) is 0 Å². The molecule has 0 aromatic carbocycles. The summed E-state index contributed by atoms with van der Waals surface area (Å²) in [6.07, 6.45) is 1.62. The molecule has 0 radical (unpaired) electrons. The van der Waals surface area contributed by atoms with Gasteiger partial charge in [0.15, 0.2) is 0 Å². The zero-order chi connectivity index (χ0) is 10.3. The van der Waals surface area contributed by atoms with Gasteiger partial charge in [-0.25, -0.2) is 14.7 Å². The summed E-state index contributed by atoms with van der Waals surface area (Å²) in [4.78, 5) is 10.6. The molecule has 0 aromatic rings. The maximum atomic E-state index is 10.6. The number of ether oxygens (including phenoxy) is 1. The van der Waals surface area contributed by atoms with Crippen LogP contribution in [0.5, 0.6) is 0 Å². The lowest BCUT2D eigenvalue weighted by atomic mass is 10.3. The molecule has 0 spiro atoms. The summed E-state index contributed by atoms with van der Waals surface area (Å²) in [5, 5.41) is 4.53. The largest absolute Gasteiger partial charge is 0.449 e. The Hall–Kier alpha value is -0.820. The first-order valence-electron chi connectivity index (χ1n) is 3.93. The van der Waals surface area contributed by atoms with Gasteiger partial charge in [-0.1, -0.05) is 19.8 Å². The van der Waals surface area contributed by atoms with Gasteiger partial charge in [0.1, 0.15) is 0 Å². The summed E-state index contributed by atoms with van der Waals surface area (Å²) in [6.45, 7) is 2.21. The second kappa shape index (κ2) is 5.76. The first-order valence-corrected chi connectivity index (χ1v) is 5.47. The van der Waals surface area contributed by atoms with Crippen LogP contribution >= 0.6 is 0 Å². The van der Waals surface area contributed by atoms with Crippen molar-refractivity contribution < 1.29 is 17.9 Å². The number of hydrogen-bond donors (Lipinski definition) is 2. The van der Waals surface area contributed by atoms with Crippen LogP contribution in [0.25, 0.3) is 0 Å². The zero-order valence-electron chi connectivity index (χ0n) is 7.45. The summed E-state index contributed by atoms with van der Waals surface area (Å²) in [7, 11) is -3.99. The maximum absolute atomic E-state index is 10.6. The maximum Gasteiger partial charge on any atom is 0.421 e. The van der Waals surface area contributed by atoms with Gasteiger partial charge in [-0.2, -0.15) is 8.42 Å². The minimum absolute atomic E-state index is 0.204. The van der Waals surface area contributed by atoms with Gasteiger partial charge < -0.3 is 4.74 Å². The summed E-state index contributed by atoms with van der Waals surface area (Å²) >= 11 is 0. The van der Waals surface area contributed by atoms with Crippen molar-refractivity contribution in [2.24, 2.45) is 5.14 Å². The monoisotopic (exact) mass is 210 g/mol. The SMILES string of the molecule is CCCCCOC(=O)NS(N)(=O)=O. The van der Waals surface area contributed by atoms with Crippen LogP contribution in [0.3, 0.4) is 0 Å². The van der Waals surface area contributed by atoms with E-state index in [0.29, 0.717) is 6.42 Å². The predicted octanol–water partition coefficient (Wildman–Crippen LogP) is 0.106. The van der Waals surface area contributed by atoms with E-state index in [1.54, 1.807) is 0 Å². The van der Waals surface area contributed by atoms with Crippen LogP contribution in [0.1, 0.15) is 26.2 Å². The molecule has 0 aliphatic rings. The summed E-state index contributed by atoms with van der Waals surface area (Å²) in [5.41, 5.74) is 0. The normalized spacial score (nSPS) is 10.9. The summed E-state index contributed by atoms with van der Waals surface area (Å²) in [5.74, 6) is 0. The number of carbonyl (C=O) groups excluding carboxylic acids is 1. The molecule has 0 aliphatic heterocycles. The second-order valence-corrected chi connectivity index (χ2v) is 3.78. The first-order chi connectivity index (χ1) is 5.95. The molecule has 0 heterocycles. The van der Waals surface area contributed by atoms with Crippen molar-refractivity contribution in [2.75, 3.05) is 6.61 Å². The Labute approximate surface area is 77.6 Å². The van der Waals surface area contributed by atoms with E-state index in [2.05, 4.69) is 9.88 Å². The van der Waals surface area contributed by atoms with E-state index in [9.17, 15) is 13.2 Å². The van der Waals surface area contributed by atoms with Gasteiger partial charge in [0.05, 0.1) is 6.61 Å². The Morgan fingerprint density at radius 2 is 2.08 bits per heavy atom. The van der Waals surface area contributed by atoms with Crippen LogP contribution in [0, 0.1) is 0 Å². The molecule has 0 saturated carbocycles. The molecule has 0 rings (SSSR count). The Morgan fingerprint density at radius 1 is 1.46 bits per heavy atom. The highest BCUT2D eigenvalue weighted by atomic mass is 32.2. The highest BCUT2D eigenvalue weighted by Crippen LogP contribution is 1.94. The standard InChI is InChI=1S/C6H14N2O4S/c1-2-3-4-5-12-6(9)8-13(7,10)11/h2-5H2,1H3,(H,8,9)(H2,7,10,11). The topological polar surface area (TPSA) is 98.5 Å². The third kappa shape index (κ3) is 9.09. The van der Waals surface area contributed by atoms with E-state index in [1.165, 1.54) is 4.72 Å². The molecule has 6 nitrogen and oxygen atoms in total. The van der Waals surface area contributed by atoms with Crippen molar-refractivity contribution in [1.82, 2.24) is 4.72 Å². The molecule has 78 valence electrons. The minimum Gasteiger partial charge on any atom is -0.449 e. The van der Waals surface area contributed by atoms with Gasteiger partial charge in [0.25, 0.3) is 0 Å². The molecular formula is C6H14N2O4S. The first kappa shape index (κ1) is 12.2. The lowest BCUT2D eigenvalue weighted by Crippen LogP contribution is -2.36. The van der Waals surface area contributed by atoms with Crippen LogP contribution < -0.4 is 9.86 Å². The van der Waals surface area contributed by atoms with E-state index in [1.807, 2.05) is 6.92 Å². The number of carbonyl (C=O) groups is 1. The number of rotatable bonds is 5. The second-order valence-electron chi connectivity index (χ2n) is 2.49. The number of nitrogens with two attached hydrogens (primary N) is 1. The van der Waals surface area contributed by atoms with Gasteiger partial charge in [-0.3, -0.25) is 0 Å². The predicted molar refractivity (Wildman–Crippen MR) is 47.1 cm³/mol. The van der Waals surface area contributed by atoms with E-state index in [4.69, 9.17) is 0 Å². The minimum atomic E-state index is -3.99. The van der Waals surface area contributed by atoms with Crippen molar-refractivity contribution in [2.45, 2.75) is 26.2 Å². The number of nitrogens with one attached hydrogen (secondary N) is 1. The molecule has 0 aliphatic carbocycles. The Bertz CT molecular complexity index is 249. The summed E-state index contributed by atoms with van der Waals surface area (Å²) in [6, 6.07) is 0. The van der Waals surface area contributed by atoms with Crippen molar-refractivity contribution in [3.05, 3.63) is 0 Å². The van der Waals surface area contributed by atoms with Crippen molar-refractivity contribution in [3.63, 3.8) is 0 Å². The molecule has 0 saturated heterocycles. The average Bonchev–Trinajstić information content (AvgIpc) is 1.94. The van der Waals surface area contributed by atoms with E-state index in [-0.39, 0.29) is 6.61 Å². The molecule has 1 amide bonds. The molecule has 0 fully saturated rings. The third-order valence-corrected chi connectivity index (χ3v) is 1.66. The highest BCUT2D eigenvalue weighted by molar-refractivity contribution is 7.87. The average molecular weight is 210 g/mol. The van der Waals surface area contributed by atoms with Crippen molar-refractivity contribution in [1.29, 1.82) is 0 Å². The Balaban J connectivity index is 3.53. The molecular weight excluding hydrogens is 196 g/mol. The molecule has 13 heavy (non-hydrogen) atoms. The number of hydrogen-bond acceptors (Lipinski definition) is 4. The lowest BCUT2D eigenvalue weighted by molar-refractivity contribution is 0.150. The highest BCUT2D eigenvalue weighted by Gasteiger charge is 2.08. The van der Waals surface area contributed by atoms with Gasteiger partial charge in [-0.15, -0.1) is 0 Å². The van der Waals surface area contributed by atoms with E-state index in [0.717, 1.165) is 12.8 Å². The van der Waals surface area contributed by atoms with Crippen LogP contribution in [-0.4, -0.2) is 21.1 Å². The molecule has 0 aromatic heterocycles. The van der Waals surface area contributed by atoms with Gasteiger partial charge in [0.2, 0.25) is 0 Å². The Kier molecular flexibility index (Phi) is 5.40. The van der Waals surface area contributed by atoms with Gasteiger partial charge >= 0.3 is 16.3 Å². The molecule has 3 N–H and O–H groups in total. The Morgan fingerprint density at radius 3 is 2.54 bits per heavy atom. The molecule has 0 atom stereocenters. The quantitative estimate of drug-likeness (QED) is 0.629. The number of unbranched alkanes of at least 4 members (excludes halogenated alkanes) is 2. The fourth-order valence-corrected chi connectivity index (χ4v) is 0.954. The molecule has 0 bridgehead atoms. The number of amides is 1. The molecule has 7 heteroatoms. The third-order valence-electron chi connectivity index (χ3n) is 1.21. The van der Waals surface area contributed by atoms with E-state index >= 15 is 0 Å². The smallest absolute Gasteiger partial charge is 0.421 e. The van der Waals surface area contributed by atoms with Gasteiger partial charge in [0, 0.05) is 0 Å². The van der Waals surface area contributed by atoms with Crippen LogP contribution in [-0.2, 0) is 14.9 Å². The summed E-state index contributed by atoms with van der Waals surface area (Å²) < 4.78 is 26.6. The van der Waals surface area contributed by atoms with Crippen LogP contribution in [0.15, 0.2) is 0 Å². The zero-order valence-corrected chi connectivity index (χ0v) is 8.26. The van der Waals surface area contributed by atoms with Crippen LogP contribution in [0.2, 0.25) is 0 Å². The fourth-order valence-electron chi connectivity index (χ4n) is 0.663.